The van der Waals surface area contributed by atoms with Crippen LogP contribution in [0.5, 0.6) is 0 Å². The van der Waals surface area contributed by atoms with Crippen molar-refractivity contribution in [3.8, 4) is 0 Å². The summed E-state index contributed by atoms with van der Waals surface area (Å²) in [5.74, 6) is 0.713. The van der Waals surface area contributed by atoms with E-state index in [1.54, 1.807) is 30.2 Å². The number of rotatable bonds is 9. The van der Waals surface area contributed by atoms with Crippen LogP contribution in [0.3, 0.4) is 0 Å². The van der Waals surface area contributed by atoms with Gasteiger partial charge in [-0.15, -0.1) is 0 Å². The standard InChI is InChI=1S/C15H25N3O3/c1-4-18(5-2)14(19)8-9-16-12(3)15(20)17-11-13-7-6-10-21-13/h6-7,10,12,16H,4-5,8-9,11H2,1-3H3,(H,17,20). The Labute approximate surface area is 125 Å². The Morgan fingerprint density at radius 1 is 1.33 bits per heavy atom. The van der Waals surface area contributed by atoms with Gasteiger partial charge < -0.3 is 20.0 Å². The number of amides is 2. The number of furan rings is 1. The molecule has 118 valence electrons. The Kier molecular flexibility index (Phi) is 7.53. The van der Waals surface area contributed by atoms with Crippen molar-refractivity contribution in [2.45, 2.75) is 39.8 Å². The quantitative estimate of drug-likeness (QED) is 0.716. The van der Waals surface area contributed by atoms with Gasteiger partial charge in [-0.2, -0.15) is 0 Å². The molecule has 1 heterocycles. The summed E-state index contributed by atoms with van der Waals surface area (Å²) in [4.78, 5) is 25.4. The van der Waals surface area contributed by atoms with E-state index in [4.69, 9.17) is 4.42 Å². The maximum absolute atomic E-state index is 11.8. The minimum Gasteiger partial charge on any atom is -0.467 e. The number of carbonyl (C=O) groups excluding carboxylic acids is 2. The highest BCUT2D eigenvalue weighted by Gasteiger charge is 2.14. The third-order valence-electron chi connectivity index (χ3n) is 3.32. The first kappa shape index (κ1) is 17.2. The van der Waals surface area contributed by atoms with Gasteiger partial charge in [0.05, 0.1) is 18.8 Å². The molecule has 0 saturated heterocycles. The zero-order valence-corrected chi connectivity index (χ0v) is 13.0. The van der Waals surface area contributed by atoms with Crippen LogP contribution in [0, 0.1) is 0 Å². The first-order chi connectivity index (χ1) is 10.1. The molecule has 0 saturated carbocycles. The molecule has 1 aromatic rings. The fourth-order valence-electron chi connectivity index (χ4n) is 1.96. The Morgan fingerprint density at radius 3 is 2.62 bits per heavy atom. The molecule has 2 N–H and O–H groups in total. The van der Waals surface area contributed by atoms with Crippen molar-refractivity contribution in [1.82, 2.24) is 15.5 Å². The van der Waals surface area contributed by atoms with E-state index >= 15 is 0 Å². The van der Waals surface area contributed by atoms with Crippen LogP contribution >= 0.6 is 0 Å². The molecule has 1 atom stereocenters. The van der Waals surface area contributed by atoms with E-state index in [2.05, 4.69) is 10.6 Å². The summed E-state index contributed by atoms with van der Waals surface area (Å²) < 4.78 is 5.14. The predicted molar refractivity (Wildman–Crippen MR) is 80.6 cm³/mol. The van der Waals surface area contributed by atoms with Crippen LogP contribution in [-0.2, 0) is 16.1 Å². The molecule has 1 rings (SSSR count). The van der Waals surface area contributed by atoms with Gasteiger partial charge in [0.1, 0.15) is 5.76 Å². The summed E-state index contributed by atoms with van der Waals surface area (Å²) in [6, 6.07) is 3.24. The van der Waals surface area contributed by atoms with E-state index < -0.39 is 0 Å². The van der Waals surface area contributed by atoms with E-state index in [9.17, 15) is 9.59 Å². The number of nitrogens with one attached hydrogen (secondary N) is 2. The van der Waals surface area contributed by atoms with Gasteiger partial charge >= 0.3 is 0 Å². The summed E-state index contributed by atoms with van der Waals surface area (Å²) in [5, 5.41) is 5.83. The highest BCUT2D eigenvalue weighted by atomic mass is 16.3. The van der Waals surface area contributed by atoms with E-state index in [-0.39, 0.29) is 17.9 Å². The highest BCUT2D eigenvalue weighted by molar-refractivity contribution is 5.81. The molecule has 0 aliphatic carbocycles. The number of hydrogen-bond donors (Lipinski definition) is 2. The second-order valence-corrected chi connectivity index (χ2v) is 4.79. The number of nitrogens with zero attached hydrogens (tertiary/aromatic N) is 1. The first-order valence-electron chi connectivity index (χ1n) is 7.39. The number of hydrogen-bond acceptors (Lipinski definition) is 4. The smallest absolute Gasteiger partial charge is 0.237 e. The topological polar surface area (TPSA) is 74.6 Å². The zero-order valence-electron chi connectivity index (χ0n) is 13.0. The van der Waals surface area contributed by atoms with Crippen molar-refractivity contribution in [1.29, 1.82) is 0 Å². The lowest BCUT2D eigenvalue weighted by atomic mass is 10.2. The number of carbonyl (C=O) groups is 2. The molecule has 0 aromatic carbocycles. The molecule has 6 heteroatoms. The molecule has 0 spiro atoms. The lowest BCUT2D eigenvalue weighted by Gasteiger charge is -2.19. The van der Waals surface area contributed by atoms with Gasteiger partial charge in [-0.25, -0.2) is 0 Å². The maximum atomic E-state index is 11.8. The molecular formula is C15H25N3O3. The monoisotopic (exact) mass is 295 g/mol. The van der Waals surface area contributed by atoms with Crippen LogP contribution in [0.4, 0.5) is 0 Å². The van der Waals surface area contributed by atoms with Crippen molar-refractivity contribution >= 4 is 11.8 Å². The van der Waals surface area contributed by atoms with Gasteiger partial charge in [0.2, 0.25) is 11.8 Å². The van der Waals surface area contributed by atoms with Crippen molar-refractivity contribution in [2.24, 2.45) is 0 Å². The fourth-order valence-corrected chi connectivity index (χ4v) is 1.96. The fraction of sp³-hybridized carbons (Fsp3) is 0.600. The largest absolute Gasteiger partial charge is 0.467 e. The molecule has 2 amide bonds. The minimum atomic E-state index is -0.343. The third kappa shape index (κ3) is 5.99. The predicted octanol–water partition coefficient (Wildman–Crippen LogP) is 1.13. The van der Waals surface area contributed by atoms with E-state index in [0.29, 0.717) is 38.4 Å². The summed E-state index contributed by atoms with van der Waals surface area (Å²) >= 11 is 0. The molecule has 0 radical (unpaired) electrons. The van der Waals surface area contributed by atoms with E-state index in [0.717, 1.165) is 0 Å². The zero-order chi connectivity index (χ0) is 15.7. The van der Waals surface area contributed by atoms with E-state index in [1.807, 2.05) is 13.8 Å². The lowest BCUT2D eigenvalue weighted by Crippen LogP contribution is -2.43. The van der Waals surface area contributed by atoms with Crippen molar-refractivity contribution < 1.29 is 14.0 Å². The molecule has 6 nitrogen and oxygen atoms in total. The molecule has 0 fully saturated rings. The molecule has 21 heavy (non-hydrogen) atoms. The third-order valence-corrected chi connectivity index (χ3v) is 3.32. The second-order valence-electron chi connectivity index (χ2n) is 4.79. The summed E-state index contributed by atoms with van der Waals surface area (Å²) in [6.07, 6.45) is 1.97. The molecule has 0 aliphatic heterocycles. The Balaban J connectivity index is 2.21. The van der Waals surface area contributed by atoms with Crippen molar-refractivity contribution in [2.75, 3.05) is 19.6 Å². The van der Waals surface area contributed by atoms with Gasteiger partial charge in [-0.05, 0) is 32.9 Å². The SMILES string of the molecule is CCN(CC)C(=O)CCNC(C)C(=O)NCc1ccco1. The Hall–Kier alpha value is -1.82. The van der Waals surface area contributed by atoms with Crippen LogP contribution in [-0.4, -0.2) is 42.4 Å². The first-order valence-corrected chi connectivity index (χ1v) is 7.39. The highest BCUT2D eigenvalue weighted by Crippen LogP contribution is 1.99. The molecule has 1 unspecified atom stereocenters. The second kappa shape index (κ2) is 9.18. The van der Waals surface area contributed by atoms with Gasteiger partial charge in [-0.1, -0.05) is 0 Å². The summed E-state index contributed by atoms with van der Waals surface area (Å²) in [7, 11) is 0. The van der Waals surface area contributed by atoms with Crippen LogP contribution in [0.2, 0.25) is 0 Å². The van der Waals surface area contributed by atoms with Crippen LogP contribution < -0.4 is 10.6 Å². The minimum absolute atomic E-state index is 0.107. The van der Waals surface area contributed by atoms with Crippen LogP contribution in [0.25, 0.3) is 0 Å². The van der Waals surface area contributed by atoms with E-state index in [1.165, 1.54) is 0 Å². The lowest BCUT2D eigenvalue weighted by molar-refractivity contribution is -0.131. The van der Waals surface area contributed by atoms with Crippen molar-refractivity contribution in [3.05, 3.63) is 24.2 Å². The summed E-state index contributed by atoms with van der Waals surface area (Å²) in [6.45, 7) is 7.99. The average molecular weight is 295 g/mol. The molecule has 0 aliphatic rings. The summed E-state index contributed by atoms with van der Waals surface area (Å²) in [5.41, 5.74) is 0. The van der Waals surface area contributed by atoms with Crippen LogP contribution in [0.15, 0.2) is 22.8 Å². The molecule has 0 bridgehead atoms. The van der Waals surface area contributed by atoms with Gasteiger partial charge in [0.15, 0.2) is 0 Å². The van der Waals surface area contributed by atoms with Crippen molar-refractivity contribution in [3.63, 3.8) is 0 Å². The normalized spacial score (nSPS) is 12.0. The molecular weight excluding hydrogens is 270 g/mol. The van der Waals surface area contributed by atoms with Gasteiger partial charge in [0, 0.05) is 26.1 Å². The Morgan fingerprint density at radius 2 is 2.05 bits per heavy atom. The van der Waals surface area contributed by atoms with Crippen LogP contribution in [0.1, 0.15) is 33.0 Å². The Bertz CT molecular complexity index is 427. The van der Waals surface area contributed by atoms with Gasteiger partial charge in [-0.3, -0.25) is 9.59 Å². The molecule has 1 aromatic heterocycles. The maximum Gasteiger partial charge on any atom is 0.237 e. The van der Waals surface area contributed by atoms with Gasteiger partial charge in [0.25, 0.3) is 0 Å². The average Bonchev–Trinajstić information content (AvgIpc) is 2.99.